The molecule has 3 rings (SSSR count). The molecule has 0 bridgehead atoms. The average Bonchev–Trinajstić information content (AvgIpc) is 2.76. The standard InChI is InChI=1S/C24H28N4O6S/c1-15-6-8-20(10-17(15)12-25)35(31,32)28-14-19(13-26-16(2)29)33-22-9-7-18(11-21(22)28)27-23(30)34-24(3,4)5/h6-11,19H,13-14H2,1-5H3,(H,26,29)(H,27,30)/t19-/m0/s1. The van der Waals surface area contributed by atoms with Crippen LogP contribution in [-0.4, -0.2) is 45.2 Å². The maximum atomic E-state index is 13.7. The quantitative estimate of drug-likeness (QED) is 0.642. The molecule has 0 aliphatic carbocycles. The van der Waals surface area contributed by atoms with Crippen LogP contribution in [0.3, 0.4) is 0 Å². The van der Waals surface area contributed by atoms with Crippen LogP contribution in [0.2, 0.25) is 0 Å². The Balaban J connectivity index is 2.03. The molecule has 1 heterocycles. The zero-order valence-corrected chi connectivity index (χ0v) is 21.0. The number of nitriles is 1. The van der Waals surface area contributed by atoms with E-state index in [2.05, 4.69) is 10.6 Å². The normalized spacial score (nSPS) is 15.3. The van der Waals surface area contributed by atoms with Crippen LogP contribution >= 0.6 is 0 Å². The van der Waals surface area contributed by atoms with Gasteiger partial charge in [0.2, 0.25) is 5.91 Å². The van der Waals surface area contributed by atoms with E-state index in [4.69, 9.17) is 9.47 Å². The van der Waals surface area contributed by atoms with Gasteiger partial charge in [0.05, 0.1) is 35.3 Å². The Hall–Kier alpha value is -3.78. The molecule has 35 heavy (non-hydrogen) atoms. The van der Waals surface area contributed by atoms with Gasteiger partial charge in [-0.2, -0.15) is 5.26 Å². The third-order valence-corrected chi connectivity index (χ3v) is 6.81. The topological polar surface area (TPSA) is 138 Å². The van der Waals surface area contributed by atoms with Crippen molar-refractivity contribution in [1.82, 2.24) is 5.32 Å². The summed E-state index contributed by atoms with van der Waals surface area (Å²) in [5.41, 5.74) is 0.703. The van der Waals surface area contributed by atoms with Crippen LogP contribution in [0, 0.1) is 18.3 Å². The summed E-state index contributed by atoms with van der Waals surface area (Å²) in [5.74, 6) is -0.0135. The maximum Gasteiger partial charge on any atom is 0.412 e. The predicted molar refractivity (Wildman–Crippen MR) is 130 cm³/mol. The van der Waals surface area contributed by atoms with E-state index in [9.17, 15) is 23.3 Å². The fourth-order valence-electron chi connectivity index (χ4n) is 3.41. The monoisotopic (exact) mass is 500 g/mol. The lowest BCUT2D eigenvalue weighted by atomic mass is 10.1. The highest BCUT2D eigenvalue weighted by atomic mass is 32.2. The Labute approximate surface area is 204 Å². The van der Waals surface area contributed by atoms with Crippen LogP contribution in [0.1, 0.15) is 38.8 Å². The second-order valence-corrected chi connectivity index (χ2v) is 11.0. The van der Waals surface area contributed by atoms with Crippen molar-refractivity contribution >= 4 is 33.4 Å². The summed E-state index contributed by atoms with van der Waals surface area (Å²) in [4.78, 5) is 23.6. The first-order valence-electron chi connectivity index (χ1n) is 10.9. The largest absolute Gasteiger partial charge is 0.484 e. The lowest BCUT2D eigenvalue weighted by Gasteiger charge is -2.36. The van der Waals surface area contributed by atoms with Crippen molar-refractivity contribution in [3.63, 3.8) is 0 Å². The van der Waals surface area contributed by atoms with Crippen molar-refractivity contribution < 1.29 is 27.5 Å². The summed E-state index contributed by atoms with van der Waals surface area (Å²) in [6, 6.07) is 10.9. The molecule has 2 amide bonds. The molecular formula is C24H28N4O6S. The van der Waals surface area contributed by atoms with Crippen molar-refractivity contribution in [3.05, 3.63) is 47.5 Å². The van der Waals surface area contributed by atoms with E-state index in [0.717, 1.165) is 4.31 Å². The van der Waals surface area contributed by atoms with Crippen LogP contribution in [0.25, 0.3) is 0 Å². The zero-order chi connectivity index (χ0) is 26.0. The van der Waals surface area contributed by atoms with Crippen molar-refractivity contribution in [2.45, 2.75) is 51.2 Å². The number of anilines is 2. The number of hydrogen-bond donors (Lipinski definition) is 2. The number of fused-ring (bicyclic) bond motifs is 1. The Morgan fingerprint density at radius 2 is 1.94 bits per heavy atom. The number of amides is 2. The number of hydrogen-bond acceptors (Lipinski definition) is 7. The summed E-state index contributed by atoms with van der Waals surface area (Å²) in [6.07, 6.45) is -1.35. The number of nitrogens with zero attached hydrogens (tertiary/aromatic N) is 2. The molecule has 0 saturated heterocycles. The maximum absolute atomic E-state index is 13.7. The molecule has 0 aromatic heterocycles. The first-order valence-corrected chi connectivity index (χ1v) is 12.3. The van der Waals surface area contributed by atoms with E-state index >= 15 is 0 Å². The number of carbonyl (C=O) groups is 2. The number of rotatable bonds is 5. The van der Waals surface area contributed by atoms with Gasteiger partial charge in [-0.25, -0.2) is 13.2 Å². The smallest absolute Gasteiger partial charge is 0.412 e. The first-order chi connectivity index (χ1) is 16.3. The highest BCUT2D eigenvalue weighted by Crippen LogP contribution is 2.39. The second kappa shape index (κ2) is 9.84. The number of ether oxygens (including phenoxy) is 2. The van der Waals surface area contributed by atoms with Crippen LogP contribution in [0.5, 0.6) is 5.75 Å². The van der Waals surface area contributed by atoms with Crippen LogP contribution in [0.4, 0.5) is 16.2 Å². The fraction of sp³-hybridized carbons (Fsp3) is 0.375. The van der Waals surface area contributed by atoms with Crippen molar-refractivity contribution in [1.29, 1.82) is 5.26 Å². The Kier molecular flexibility index (Phi) is 7.26. The first kappa shape index (κ1) is 25.8. The summed E-state index contributed by atoms with van der Waals surface area (Å²) < 4.78 is 39.8. The average molecular weight is 501 g/mol. The Morgan fingerprint density at radius 3 is 2.57 bits per heavy atom. The number of nitrogens with one attached hydrogen (secondary N) is 2. The molecule has 2 aromatic rings. The van der Waals surface area contributed by atoms with Gasteiger partial charge in [-0.1, -0.05) is 6.07 Å². The van der Waals surface area contributed by atoms with Crippen LogP contribution in [-0.2, 0) is 19.6 Å². The van der Waals surface area contributed by atoms with Gasteiger partial charge in [0.15, 0.2) is 0 Å². The van der Waals surface area contributed by atoms with Gasteiger partial charge in [-0.15, -0.1) is 0 Å². The third-order valence-electron chi connectivity index (χ3n) is 5.03. The minimum absolute atomic E-state index is 0.0590. The number of benzene rings is 2. The molecule has 0 fully saturated rings. The molecule has 1 aliphatic heterocycles. The van der Waals surface area contributed by atoms with Crippen molar-refractivity contribution in [2.75, 3.05) is 22.7 Å². The molecule has 2 aromatic carbocycles. The van der Waals surface area contributed by atoms with Gasteiger partial charge in [0, 0.05) is 12.6 Å². The lowest BCUT2D eigenvalue weighted by molar-refractivity contribution is -0.119. The van der Waals surface area contributed by atoms with Crippen molar-refractivity contribution in [3.8, 4) is 11.8 Å². The van der Waals surface area contributed by atoms with E-state index in [1.165, 1.54) is 25.1 Å². The molecule has 0 unspecified atom stereocenters. The molecule has 11 heteroatoms. The third kappa shape index (κ3) is 6.22. The summed E-state index contributed by atoms with van der Waals surface area (Å²) >= 11 is 0. The van der Waals surface area contributed by atoms with Gasteiger partial charge in [-0.05, 0) is 63.6 Å². The minimum atomic E-state index is -4.12. The molecule has 0 saturated carbocycles. The minimum Gasteiger partial charge on any atom is -0.484 e. The highest BCUT2D eigenvalue weighted by Gasteiger charge is 2.35. The molecule has 10 nitrogen and oxygen atoms in total. The second-order valence-electron chi connectivity index (χ2n) is 9.11. The van der Waals surface area contributed by atoms with Crippen LogP contribution < -0.4 is 19.7 Å². The molecule has 0 radical (unpaired) electrons. The predicted octanol–water partition coefficient (Wildman–Crippen LogP) is 3.31. The van der Waals surface area contributed by atoms with E-state index in [1.807, 2.05) is 6.07 Å². The summed E-state index contributed by atoms with van der Waals surface area (Å²) in [5, 5.41) is 14.6. The van der Waals surface area contributed by atoms with E-state index in [-0.39, 0.29) is 40.9 Å². The summed E-state index contributed by atoms with van der Waals surface area (Å²) in [6.45, 7) is 8.26. The van der Waals surface area contributed by atoms with E-state index in [0.29, 0.717) is 11.3 Å². The Morgan fingerprint density at radius 1 is 1.23 bits per heavy atom. The molecule has 1 atom stereocenters. The summed E-state index contributed by atoms with van der Waals surface area (Å²) in [7, 11) is -4.12. The number of sulfonamides is 1. The molecule has 1 aliphatic rings. The fourth-order valence-corrected chi connectivity index (χ4v) is 4.94. The molecular weight excluding hydrogens is 472 g/mol. The molecule has 0 spiro atoms. The van der Waals surface area contributed by atoms with Gasteiger partial charge < -0.3 is 14.8 Å². The SMILES string of the molecule is CC(=O)NC[C@H]1CN(S(=O)(=O)c2ccc(C)c(C#N)c2)c2cc(NC(=O)OC(C)(C)C)ccc2O1. The highest BCUT2D eigenvalue weighted by molar-refractivity contribution is 7.92. The molecule has 186 valence electrons. The number of carbonyl (C=O) groups excluding carboxylic acids is 2. The van der Waals surface area contributed by atoms with E-state index in [1.54, 1.807) is 45.9 Å². The molecule has 2 N–H and O–H groups in total. The van der Waals surface area contributed by atoms with Crippen LogP contribution in [0.15, 0.2) is 41.3 Å². The van der Waals surface area contributed by atoms with E-state index < -0.39 is 27.8 Å². The lowest BCUT2D eigenvalue weighted by Crippen LogP contribution is -2.48. The Bertz CT molecular complexity index is 1290. The van der Waals surface area contributed by atoms with Gasteiger partial charge in [0.25, 0.3) is 10.0 Å². The number of aryl methyl sites for hydroxylation is 1. The van der Waals surface area contributed by atoms with Gasteiger partial charge in [-0.3, -0.25) is 14.4 Å². The van der Waals surface area contributed by atoms with Gasteiger partial charge >= 0.3 is 6.09 Å². The zero-order valence-electron chi connectivity index (χ0n) is 20.2. The van der Waals surface area contributed by atoms with Crippen molar-refractivity contribution in [2.24, 2.45) is 0 Å². The van der Waals surface area contributed by atoms with Gasteiger partial charge in [0.1, 0.15) is 17.5 Å².